The van der Waals surface area contributed by atoms with Crippen LogP contribution >= 0.6 is 0 Å². The Labute approximate surface area is 122 Å². The van der Waals surface area contributed by atoms with Crippen molar-refractivity contribution in [2.45, 2.75) is 13.8 Å². The minimum atomic E-state index is -0.535. The molecule has 1 N–H and O–H groups in total. The van der Waals surface area contributed by atoms with Crippen LogP contribution in [-0.2, 0) is 0 Å². The number of nitrogens with zero attached hydrogens (tertiary/aromatic N) is 2. The van der Waals surface area contributed by atoms with Crippen LogP contribution in [0.3, 0.4) is 0 Å². The van der Waals surface area contributed by atoms with Crippen molar-refractivity contribution in [1.82, 2.24) is 9.38 Å². The molecule has 0 bridgehead atoms. The fraction of sp³-hybridized carbons (Fsp3) is 0.125. The van der Waals surface area contributed by atoms with E-state index < -0.39 is 6.09 Å². The second-order valence-corrected chi connectivity index (χ2v) is 4.73. The quantitative estimate of drug-likeness (QED) is 0.781. The number of amides is 1. The molecule has 2 aromatic heterocycles. The van der Waals surface area contributed by atoms with Gasteiger partial charge in [-0.05, 0) is 38.1 Å². The van der Waals surface area contributed by atoms with Crippen LogP contribution in [0.5, 0.6) is 5.75 Å². The molecule has 0 radical (unpaired) electrons. The van der Waals surface area contributed by atoms with Crippen LogP contribution in [-0.4, -0.2) is 15.5 Å². The summed E-state index contributed by atoms with van der Waals surface area (Å²) in [6.45, 7) is 3.93. The van der Waals surface area contributed by atoms with E-state index in [1.807, 2.05) is 48.7 Å². The second-order valence-electron chi connectivity index (χ2n) is 4.73. The predicted octanol–water partition coefficient (Wildman–Crippen LogP) is 3.56. The van der Waals surface area contributed by atoms with E-state index >= 15 is 0 Å². The molecule has 3 aromatic rings. The van der Waals surface area contributed by atoms with Crippen LogP contribution < -0.4 is 10.1 Å². The highest BCUT2D eigenvalue weighted by Crippen LogP contribution is 2.20. The number of carbonyl (C=O) groups excluding carboxylic acids is 1. The number of aromatic nitrogens is 2. The number of imidazole rings is 1. The Morgan fingerprint density at radius 1 is 1.14 bits per heavy atom. The predicted molar refractivity (Wildman–Crippen MR) is 80.8 cm³/mol. The van der Waals surface area contributed by atoms with Gasteiger partial charge in [0, 0.05) is 11.9 Å². The van der Waals surface area contributed by atoms with Gasteiger partial charge in [0.05, 0.1) is 11.4 Å². The maximum absolute atomic E-state index is 11.9. The van der Waals surface area contributed by atoms with Gasteiger partial charge in [0.25, 0.3) is 0 Å². The van der Waals surface area contributed by atoms with E-state index in [1.165, 1.54) is 0 Å². The number of anilines is 1. The van der Waals surface area contributed by atoms with E-state index in [4.69, 9.17) is 4.74 Å². The maximum atomic E-state index is 11.9. The maximum Gasteiger partial charge on any atom is 0.417 e. The number of rotatable bonds is 2. The topological polar surface area (TPSA) is 55.6 Å². The lowest BCUT2D eigenvalue weighted by Gasteiger charge is -2.07. The average molecular weight is 281 g/mol. The monoisotopic (exact) mass is 281 g/mol. The van der Waals surface area contributed by atoms with Crippen LogP contribution in [0.15, 0.2) is 48.7 Å². The number of pyridine rings is 1. The number of para-hydroxylation sites is 1. The molecule has 1 aromatic carbocycles. The number of aryl methyl sites for hydroxylation is 2. The van der Waals surface area contributed by atoms with Crippen LogP contribution in [0.1, 0.15) is 11.4 Å². The Hall–Kier alpha value is -2.82. The molecule has 3 rings (SSSR count). The van der Waals surface area contributed by atoms with Crippen molar-refractivity contribution in [2.75, 3.05) is 5.32 Å². The van der Waals surface area contributed by atoms with Gasteiger partial charge in [0.15, 0.2) is 5.65 Å². The smallest absolute Gasteiger partial charge is 0.410 e. The lowest BCUT2D eigenvalue weighted by atomic mass is 10.3. The molecule has 5 nitrogen and oxygen atoms in total. The molecular formula is C16H15N3O2. The van der Waals surface area contributed by atoms with Gasteiger partial charge < -0.3 is 9.14 Å². The van der Waals surface area contributed by atoms with Gasteiger partial charge in [-0.15, -0.1) is 0 Å². The first kappa shape index (κ1) is 13.2. The molecule has 0 saturated heterocycles. The van der Waals surface area contributed by atoms with Crippen molar-refractivity contribution in [1.29, 1.82) is 0 Å². The third-order valence-electron chi connectivity index (χ3n) is 3.32. The largest absolute Gasteiger partial charge is 0.417 e. The molecule has 0 unspecified atom stereocenters. The van der Waals surface area contributed by atoms with Crippen molar-refractivity contribution >= 4 is 17.4 Å². The molecule has 21 heavy (non-hydrogen) atoms. The first-order valence-corrected chi connectivity index (χ1v) is 6.63. The molecule has 0 spiro atoms. The van der Waals surface area contributed by atoms with E-state index in [-0.39, 0.29) is 0 Å². The highest BCUT2D eigenvalue weighted by molar-refractivity contribution is 5.90. The number of hydrogen-bond acceptors (Lipinski definition) is 3. The lowest BCUT2D eigenvalue weighted by Crippen LogP contribution is -2.17. The average Bonchev–Trinajstić information content (AvgIpc) is 2.77. The summed E-state index contributed by atoms with van der Waals surface area (Å²) in [4.78, 5) is 16.4. The highest BCUT2D eigenvalue weighted by Gasteiger charge is 2.11. The van der Waals surface area contributed by atoms with Crippen LogP contribution in [0, 0.1) is 13.8 Å². The Bertz CT molecular complexity index is 794. The zero-order valence-electron chi connectivity index (χ0n) is 11.8. The van der Waals surface area contributed by atoms with E-state index in [1.54, 1.807) is 18.2 Å². The van der Waals surface area contributed by atoms with Gasteiger partial charge in [0.1, 0.15) is 5.75 Å². The summed E-state index contributed by atoms with van der Waals surface area (Å²) >= 11 is 0. The Morgan fingerprint density at radius 2 is 1.90 bits per heavy atom. The van der Waals surface area contributed by atoms with Crippen molar-refractivity contribution in [2.24, 2.45) is 0 Å². The molecular weight excluding hydrogens is 266 g/mol. The van der Waals surface area contributed by atoms with Gasteiger partial charge in [-0.25, -0.2) is 9.78 Å². The number of fused-ring (bicyclic) bond motifs is 1. The van der Waals surface area contributed by atoms with Crippen molar-refractivity contribution in [3.05, 3.63) is 60.0 Å². The second kappa shape index (κ2) is 5.28. The molecule has 5 heteroatoms. The molecule has 2 heterocycles. The standard InChI is InChI=1S/C16H15N3O2/c1-11-12(2)19-10-6-9-14(15(19)17-11)18-16(20)21-13-7-4-3-5-8-13/h3-10H,1-2H3,(H,18,20). The highest BCUT2D eigenvalue weighted by atomic mass is 16.6. The number of benzene rings is 1. The Kier molecular flexibility index (Phi) is 3.31. The molecule has 0 aliphatic heterocycles. The van der Waals surface area contributed by atoms with Crippen LogP contribution in [0.2, 0.25) is 0 Å². The molecule has 0 aliphatic rings. The fourth-order valence-electron chi connectivity index (χ4n) is 2.13. The molecule has 106 valence electrons. The number of ether oxygens (including phenoxy) is 1. The zero-order valence-corrected chi connectivity index (χ0v) is 11.8. The number of carbonyl (C=O) groups is 1. The van der Waals surface area contributed by atoms with Gasteiger partial charge in [-0.3, -0.25) is 5.32 Å². The van der Waals surface area contributed by atoms with Crippen LogP contribution in [0.25, 0.3) is 5.65 Å². The molecule has 0 atom stereocenters. The number of hydrogen-bond donors (Lipinski definition) is 1. The summed E-state index contributed by atoms with van der Waals surface area (Å²) < 4.78 is 7.16. The van der Waals surface area contributed by atoms with E-state index in [0.717, 1.165) is 11.4 Å². The number of nitrogens with one attached hydrogen (secondary N) is 1. The van der Waals surface area contributed by atoms with Crippen molar-refractivity contribution < 1.29 is 9.53 Å². The SMILES string of the molecule is Cc1nc2c(NC(=O)Oc3ccccc3)cccn2c1C. The first-order chi connectivity index (χ1) is 10.1. The normalized spacial score (nSPS) is 10.6. The Morgan fingerprint density at radius 3 is 2.67 bits per heavy atom. The molecule has 0 saturated carbocycles. The molecule has 1 amide bonds. The van der Waals surface area contributed by atoms with Crippen LogP contribution in [0.4, 0.5) is 10.5 Å². The van der Waals surface area contributed by atoms with E-state index in [2.05, 4.69) is 10.3 Å². The van der Waals surface area contributed by atoms with Gasteiger partial charge in [0.2, 0.25) is 0 Å². The van der Waals surface area contributed by atoms with E-state index in [9.17, 15) is 4.79 Å². The van der Waals surface area contributed by atoms with E-state index in [0.29, 0.717) is 17.1 Å². The summed E-state index contributed by atoms with van der Waals surface area (Å²) in [5, 5.41) is 2.73. The minimum absolute atomic E-state index is 0.498. The lowest BCUT2D eigenvalue weighted by molar-refractivity contribution is 0.215. The molecule has 0 fully saturated rings. The van der Waals surface area contributed by atoms with Gasteiger partial charge >= 0.3 is 6.09 Å². The summed E-state index contributed by atoms with van der Waals surface area (Å²) in [5.41, 5.74) is 3.30. The summed E-state index contributed by atoms with van der Waals surface area (Å²) in [7, 11) is 0. The minimum Gasteiger partial charge on any atom is -0.410 e. The van der Waals surface area contributed by atoms with Gasteiger partial charge in [-0.1, -0.05) is 18.2 Å². The zero-order chi connectivity index (χ0) is 14.8. The third-order valence-corrected chi connectivity index (χ3v) is 3.32. The molecule has 0 aliphatic carbocycles. The first-order valence-electron chi connectivity index (χ1n) is 6.63. The summed E-state index contributed by atoms with van der Waals surface area (Å²) in [6, 6.07) is 12.6. The summed E-state index contributed by atoms with van der Waals surface area (Å²) in [6.07, 6.45) is 1.38. The van der Waals surface area contributed by atoms with Gasteiger partial charge in [-0.2, -0.15) is 0 Å². The summed E-state index contributed by atoms with van der Waals surface area (Å²) in [5.74, 6) is 0.498. The third kappa shape index (κ3) is 2.58. The fourth-order valence-corrected chi connectivity index (χ4v) is 2.13. The Balaban J connectivity index is 1.85. The van der Waals surface area contributed by atoms with Crippen molar-refractivity contribution in [3.8, 4) is 5.75 Å². The van der Waals surface area contributed by atoms with Crippen molar-refractivity contribution in [3.63, 3.8) is 0 Å².